The van der Waals surface area contributed by atoms with E-state index < -0.39 is 52.4 Å². The van der Waals surface area contributed by atoms with E-state index in [1.54, 1.807) is 6.08 Å². The Kier molecular flexibility index (Phi) is 8.82. The van der Waals surface area contributed by atoms with E-state index in [0.717, 1.165) is 53.9 Å². The van der Waals surface area contributed by atoms with Crippen LogP contribution in [0.4, 0.5) is 5.69 Å². The molecule has 0 spiro atoms. The number of thiazole rings is 1. The average Bonchev–Trinajstić information content (AvgIpc) is 3.53. The average molecular weight is 680 g/mol. The fraction of sp³-hybridized carbons (Fsp3) is 0.192. The Morgan fingerprint density at radius 3 is 2.37 bits per heavy atom. The Balaban J connectivity index is 1.62. The zero-order valence-corrected chi connectivity index (χ0v) is 25.9. The number of benzene rings is 2. The molecule has 3 heterocycles. The van der Waals surface area contributed by atoms with Crippen LogP contribution >= 0.6 is 47.1 Å². The molecule has 2 aliphatic rings. The summed E-state index contributed by atoms with van der Waals surface area (Å²) in [7, 11) is -4.18. The van der Waals surface area contributed by atoms with Gasteiger partial charge in [-0.05, 0) is 30.0 Å². The summed E-state index contributed by atoms with van der Waals surface area (Å²) in [5, 5.41) is 21.2. The van der Waals surface area contributed by atoms with Gasteiger partial charge in [0, 0.05) is 16.8 Å². The monoisotopic (exact) mass is 679 g/mol. The molecular weight excluding hydrogens is 659 g/mol. The van der Waals surface area contributed by atoms with Gasteiger partial charge in [-0.25, -0.2) is 0 Å². The molecule has 1 aromatic heterocycles. The predicted molar refractivity (Wildman–Crippen MR) is 169 cm³/mol. The summed E-state index contributed by atoms with van der Waals surface area (Å²) in [6.07, 6.45) is 3.28. The number of carbonyl (C=O) groups excluding carboxylic acids is 1. The first-order valence-corrected chi connectivity index (χ1v) is 16.9. The van der Waals surface area contributed by atoms with Gasteiger partial charge in [0.2, 0.25) is 0 Å². The molecular formula is C26H21N3O9S5. The number of carbonyl (C=O) groups is 3. The van der Waals surface area contributed by atoms with Gasteiger partial charge in [-0.2, -0.15) is 8.42 Å². The van der Waals surface area contributed by atoms with Gasteiger partial charge < -0.3 is 15.1 Å². The number of amides is 1. The second kappa shape index (κ2) is 12.3. The molecule has 12 nitrogen and oxygen atoms in total. The van der Waals surface area contributed by atoms with Crippen LogP contribution < -0.4 is 19.7 Å². The van der Waals surface area contributed by atoms with E-state index in [2.05, 4.69) is 0 Å². The van der Waals surface area contributed by atoms with Crippen molar-refractivity contribution in [3.05, 3.63) is 67.1 Å². The maximum Gasteiger partial charge on any atom is 0.323 e. The second-order valence-electron chi connectivity index (χ2n) is 9.24. The van der Waals surface area contributed by atoms with Crippen molar-refractivity contribution >= 4 is 107 Å². The minimum absolute atomic E-state index is 0.0225. The summed E-state index contributed by atoms with van der Waals surface area (Å²) >= 11 is 8.22. The maximum atomic E-state index is 13.4. The summed E-state index contributed by atoms with van der Waals surface area (Å²) in [6, 6.07) is 11.6. The lowest BCUT2D eigenvalue weighted by atomic mass is 10.1. The van der Waals surface area contributed by atoms with Crippen LogP contribution in [0.15, 0.2) is 57.2 Å². The molecule has 0 radical (unpaired) electrons. The standard InChI is InChI=1S/C26H21N3O9S5/c30-19(31)12-28-23(34)17(41-25(28)22-24(35)29(13-20(32)33)26(39)42-22)8-9-18-27(10-3-11-43(36,37)38)21-15-5-2-1-4-14(15)6-7-16(21)40-18/h1-2,4-9H,3,10-13H2,(H,30,31)(H,32,33)(H,36,37,38). The minimum Gasteiger partial charge on any atom is -0.480 e. The molecule has 5 rings (SSSR count). The second-order valence-corrected chi connectivity index (χ2v) is 14.5. The lowest BCUT2D eigenvalue weighted by Gasteiger charge is -2.21. The Morgan fingerprint density at radius 2 is 1.67 bits per heavy atom. The van der Waals surface area contributed by atoms with Crippen molar-refractivity contribution in [1.29, 1.82) is 0 Å². The van der Waals surface area contributed by atoms with Gasteiger partial charge in [0.15, 0.2) is 0 Å². The van der Waals surface area contributed by atoms with Gasteiger partial charge >= 0.3 is 11.9 Å². The maximum absolute atomic E-state index is 13.4. The van der Waals surface area contributed by atoms with Crippen molar-refractivity contribution < 1.29 is 37.6 Å². The number of hydrogen-bond acceptors (Lipinski definition) is 11. The summed E-state index contributed by atoms with van der Waals surface area (Å²) in [4.78, 5) is 52.8. The van der Waals surface area contributed by atoms with Crippen LogP contribution in [0, 0.1) is 0 Å². The Hall–Kier alpha value is -3.48. The number of fused-ring (bicyclic) bond motifs is 3. The largest absolute Gasteiger partial charge is 0.480 e. The molecule has 0 atom stereocenters. The van der Waals surface area contributed by atoms with Crippen molar-refractivity contribution in [2.45, 2.75) is 17.9 Å². The van der Waals surface area contributed by atoms with Crippen molar-refractivity contribution in [3.8, 4) is 0 Å². The van der Waals surface area contributed by atoms with Crippen LogP contribution in [0.2, 0.25) is 0 Å². The van der Waals surface area contributed by atoms with Gasteiger partial charge in [0.05, 0.1) is 21.0 Å². The van der Waals surface area contributed by atoms with Crippen molar-refractivity contribution in [1.82, 2.24) is 9.47 Å². The van der Waals surface area contributed by atoms with E-state index >= 15 is 0 Å². The SMILES string of the molecule is O=C(O)CN1C(=O)C(=c2sc(=CC=C3Sc4ccc5ccccc5c4N3CCCS(=O)(=O)O)c(=O)n2CC(=O)O)SC1=S. The Labute approximate surface area is 261 Å². The van der Waals surface area contributed by atoms with Crippen LogP contribution in [-0.4, -0.2) is 73.7 Å². The van der Waals surface area contributed by atoms with Gasteiger partial charge in [-0.1, -0.05) is 66.1 Å². The van der Waals surface area contributed by atoms with Crippen LogP contribution in [0.25, 0.3) is 21.8 Å². The molecule has 2 aromatic carbocycles. The lowest BCUT2D eigenvalue weighted by Crippen LogP contribution is -2.36. The topological polar surface area (TPSA) is 175 Å². The number of rotatable bonds is 9. The fourth-order valence-corrected chi connectivity index (χ4v) is 8.61. The van der Waals surface area contributed by atoms with Crippen LogP contribution in [0.1, 0.15) is 6.42 Å². The normalized spacial score (nSPS) is 17.9. The molecule has 1 saturated heterocycles. The molecule has 0 saturated carbocycles. The van der Waals surface area contributed by atoms with Crippen molar-refractivity contribution in [2.75, 3.05) is 23.7 Å². The van der Waals surface area contributed by atoms with E-state index in [1.807, 2.05) is 41.3 Å². The zero-order valence-electron chi connectivity index (χ0n) is 21.8. The van der Waals surface area contributed by atoms with E-state index in [9.17, 15) is 37.3 Å². The Morgan fingerprint density at radius 1 is 0.953 bits per heavy atom. The van der Waals surface area contributed by atoms with Crippen LogP contribution in [-0.2, 0) is 31.0 Å². The summed E-state index contributed by atoms with van der Waals surface area (Å²) in [5.41, 5.74) is 0.190. The molecule has 2 aliphatic heterocycles. The highest BCUT2D eigenvalue weighted by Gasteiger charge is 2.35. The molecule has 1 fully saturated rings. The number of allylic oxidation sites excluding steroid dienone is 1. The lowest BCUT2D eigenvalue weighted by molar-refractivity contribution is -0.140. The zero-order chi connectivity index (χ0) is 31.1. The number of hydrogen-bond donors (Lipinski definition) is 3. The minimum atomic E-state index is -4.18. The summed E-state index contributed by atoms with van der Waals surface area (Å²) < 4.78 is 33.1. The molecule has 1 amide bonds. The number of thioether (sulfide) groups is 2. The van der Waals surface area contributed by atoms with Crippen molar-refractivity contribution in [2.24, 2.45) is 0 Å². The third-order valence-electron chi connectivity index (χ3n) is 6.31. The molecule has 17 heteroatoms. The van der Waals surface area contributed by atoms with E-state index in [1.165, 1.54) is 17.8 Å². The number of aromatic nitrogens is 1. The summed E-state index contributed by atoms with van der Waals surface area (Å²) in [6.45, 7) is -1.16. The van der Waals surface area contributed by atoms with Crippen LogP contribution in [0.3, 0.4) is 0 Å². The molecule has 3 aromatic rings. The van der Waals surface area contributed by atoms with E-state index in [-0.39, 0.29) is 31.4 Å². The third-order valence-corrected chi connectivity index (χ3v) is 10.9. The predicted octanol–water partition coefficient (Wildman–Crippen LogP) is 1.71. The molecule has 0 aliphatic carbocycles. The number of carboxylic acid groups (broad SMARTS) is 2. The first kappa shape index (κ1) is 31.0. The Bertz CT molecular complexity index is 2030. The van der Waals surface area contributed by atoms with E-state index in [0.29, 0.717) is 5.03 Å². The van der Waals surface area contributed by atoms with Gasteiger partial charge in [0.1, 0.15) is 27.0 Å². The highest BCUT2D eigenvalue weighted by molar-refractivity contribution is 8.30. The molecule has 0 bridgehead atoms. The molecule has 3 N–H and O–H groups in total. The third kappa shape index (κ3) is 6.56. The van der Waals surface area contributed by atoms with Gasteiger partial charge in [-0.15, -0.1) is 11.3 Å². The van der Waals surface area contributed by atoms with Gasteiger partial charge in [0.25, 0.3) is 21.6 Å². The van der Waals surface area contributed by atoms with Crippen LogP contribution in [0.5, 0.6) is 0 Å². The highest BCUT2D eigenvalue weighted by Crippen LogP contribution is 2.49. The number of anilines is 1. The smallest absolute Gasteiger partial charge is 0.323 e. The first-order valence-electron chi connectivity index (χ1n) is 12.4. The first-order chi connectivity index (χ1) is 20.3. The van der Waals surface area contributed by atoms with E-state index in [4.69, 9.17) is 17.3 Å². The number of thiocarbonyl (C=S) groups is 1. The molecule has 43 heavy (non-hydrogen) atoms. The number of nitrogens with zero attached hydrogens (tertiary/aromatic N) is 3. The highest BCUT2D eigenvalue weighted by atomic mass is 32.2. The van der Waals surface area contributed by atoms with Crippen molar-refractivity contribution in [3.63, 3.8) is 0 Å². The number of carboxylic acids is 2. The fourth-order valence-electron chi connectivity index (χ4n) is 4.55. The number of aliphatic carboxylic acids is 2. The van der Waals surface area contributed by atoms with Gasteiger partial charge in [-0.3, -0.25) is 33.2 Å². The summed E-state index contributed by atoms with van der Waals surface area (Å²) in [5.74, 6) is -3.77. The molecule has 0 unspecified atom stereocenters. The quantitative estimate of drug-likeness (QED) is 0.221. The molecule has 224 valence electrons.